The molecule has 1 unspecified atom stereocenters. The lowest BCUT2D eigenvalue weighted by molar-refractivity contribution is -0.0311. The Labute approximate surface area is 104 Å². The summed E-state index contributed by atoms with van der Waals surface area (Å²) in [7, 11) is 0. The fraction of sp³-hybridized carbons (Fsp3) is 0.933. The Hall–Kier alpha value is -0.370. The molecule has 2 heteroatoms. The van der Waals surface area contributed by atoms with Gasteiger partial charge < -0.3 is 10.5 Å². The molecular weight excluding hydrogens is 210 g/mol. The first-order valence-corrected chi connectivity index (χ1v) is 7.06. The molecule has 17 heavy (non-hydrogen) atoms. The summed E-state index contributed by atoms with van der Waals surface area (Å²) in [6.07, 6.45) is 5.32. The molecule has 3 rings (SSSR count). The minimum atomic E-state index is -0.563. The average molecular weight is 235 g/mol. The molecule has 0 saturated heterocycles. The van der Waals surface area contributed by atoms with E-state index in [1.54, 1.807) is 0 Å². The topological polar surface area (TPSA) is 44.1 Å². The van der Waals surface area contributed by atoms with Gasteiger partial charge in [-0.15, -0.1) is 0 Å². The third kappa shape index (κ3) is 0.874. The largest absolute Gasteiger partial charge is 0.390 e. The standard InChI is InChI=1S/C15H25NO/c1-10-6-5-7-15-12(2,3)14(15,11(10)16)9-8-13(15,4)17/h10,16-17H,5-9H2,1-4H3/t10?,13-,14+,15-/m1/s1. The Balaban J connectivity index is 2.18. The smallest absolute Gasteiger partial charge is 0.0690 e. The van der Waals surface area contributed by atoms with Gasteiger partial charge >= 0.3 is 0 Å². The molecule has 0 aromatic carbocycles. The maximum atomic E-state index is 10.9. The minimum absolute atomic E-state index is 0.00512. The highest BCUT2D eigenvalue weighted by molar-refractivity contribution is 5.96. The lowest BCUT2D eigenvalue weighted by atomic mass is 9.75. The van der Waals surface area contributed by atoms with Gasteiger partial charge in [-0.3, -0.25) is 0 Å². The second kappa shape index (κ2) is 2.79. The van der Waals surface area contributed by atoms with E-state index in [2.05, 4.69) is 20.8 Å². The number of nitrogens with one attached hydrogen (secondary N) is 1. The first kappa shape index (κ1) is 11.7. The molecule has 4 atom stereocenters. The SMILES string of the molecule is CC1CCC[C@]23C(C)(C)[C@]2(CC[C@@]3(C)O)C1=N. The van der Waals surface area contributed by atoms with E-state index < -0.39 is 5.60 Å². The van der Waals surface area contributed by atoms with Gasteiger partial charge in [-0.05, 0) is 43.9 Å². The summed E-state index contributed by atoms with van der Waals surface area (Å²) in [5, 5.41) is 19.5. The minimum Gasteiger partial charge on any atom is -0.390 e. The molecule has 3 saturated carbocycles. The normalized spacial score (nSPS) is 56.1. The molecule has 2 nitrogen and oxygen atoms in total. The maximum Gasteiger partial charge on any atom is 0.0690 e. The molecule has 0 aromatic heterocycles. The Morgan fingerprint density at radius 1 is 1.18 bits per heavy atom. The van der Waals surface area contributed by atoms with Crippen molar-refractivity contribution < 1.29 is 5.11 Å². The van der Waals surface area contributed by atoms with E-state index in [0.29, 0.717) is 5.92 Å². The summed E-state index contributed by atoms with van der Waals surface area (Å²) >= 11 is 0. The van der Waals surface area contributed by atoms with Crippen molar-refractivity contribution in [3.05, 3.63) is 0 Å². The van der Waals surface area contributed by atoms with Gasteiger partial charge in [-0.25, -0.2) is 0 Å². The van der Waals surface area contributed by atoms with Crippen LogP contribution in [0.4, 0.5) is 0 Å². The van der Waals surface area contributed by atoms with Gasteiger partial charge in [0.15, 0.2) is 0 Å². The monoisotopic (exact) mass is 235 g/mol. The molecule has 2 N–H and O–H groups in total. The molecule has 0 amide bonds. The lowest BCUT2D eigenvalue weighted by Crippen LogP contribution is -2.37. The highest BCUT2D eigenvalue weighted by Crippen LogP contribution is 2.90. The maximum absolute atomic E-state index is 10.9. The summed E-state index contributed by atoms with van der Waals surface area (Å²) in [6.45, 7) is 8.79. The first-order chi connectivity index (χ1) is 7.75. The molecule has 0 aromatic rings. The van der Waals surface area contributed by atoms with Crippen molar-refractivity contribution in [2.24, 2.45) is 22.2 Å². The van der Waals surface area contributed by atoms with Crippen molar-refractivity contribution in [2.45, 2.75) is 65.4 Å². The first-order valence-electron chi connectivity index (χ1n) is 7.06. The van der Waals surface area contributed by atoms with E-state index >= 15 is 0 Å². The third-order valence-electron chi connectivity index (χ3n) is 6.85. The summed E-state index contributed by atoms with van der Waals surface area (Å²) in [5.41, 5.74) is 0.507. The van der Waals surface area contributed by atoms with Crippen LogP contribution in [0.3, 0.4) is 0 Å². The Kier molecular flexibility index (Phi) is 1.92. The molecule has 0 bridgehead atoms. The van der Waals surface area contributed by atoms with Crippen LogP contribution in [-0.4, -0.2) is 16.4 Å². The summed E-state index contributed by atoms with van der Waals surface area (Å²) in [6, 6.07) is 0. The molecule has 0 radical (unpaired) electrons. The fourth-order valence-electron chi connectivity index (χ4n) is 6.10. The third-order valence-corrected chi connectivity index (χ3v) is 6.85. The van der Waals surface area contributed by atoms with E-state index in [9.17, 15) is 5.11 Å². The van der Waals surface area contributed by atoms with Crippen molar-refractivity contribution in [3.8, 4) is 0 Å². The van der Waals surface area contributed by atoms with Gasteiger partial charge in [0.25, 0.3) is 0 Å². The number of rotatable bonds is 0. The highest BCUT2D eigenvalue weighted by atomic mass is 16.3. The molecule has 0 spiro atoms. The fourth-order valence-corrected chi connectivity index (χ4v) is 6.10. The van der Waals surface area contributed by atoms with Gasteiger partial charge in [-0.1, -0.05) is 27.2 Å². The van der Waals surface area contributed by atoms with Gasteiger partial charge in [0.1, 0.15) is 0 Å². The molecule has 0 aliphatic heterocycles. The predicted octanol–water partition coefficient (Wildman–Crippen LogP) is 3.38. The van der Waals surface area contributed by atoms with Crippen LogP contribution < -0.4 is 0 Å². The Bertz CT molecular complexity index is 398. The molecule has 3 fully saturated rings. The van der Waals surface area contributed by atoms with Crippen molar-refractivity contribution in [1.82, 2.24) is 0 Å². The van der Waals surface area contributed by atoms with Crippen molar-refractivity contribution >= 4 is 5.71 Å². The molecule has 0 heterocycles. The predicted molar refractivity (Wildman–Crippen MR) is 69.2 cm³/mol. The number of hydrogen-bond acceptors (Lipinski definition) is 2. The molecule has 3 aliphatic carbocycles. The number of hydrogen-bond donors (Lipinski definition) is 2. The molecule has 3 aliphatic rings. The summed E-state index contributed by atoms with van der Waals surface area (Å²) < 4.78 is 0. The van der Waals surface area contributed by atoms with E-state index in [1.807, 2.05) is 6.92 Å². The quantitative estimate of drug-likeness (QED) is 0.664. The van der Waals surface area contributed by atoms with Crippen LogP contribution in [-0.2, 0) is 0 Å². The Morgan fingerprint density at radius 2 is 1.82 bits per heavy atom. The van der Waals surface area contributed by atoms with Gasteiger partial charge in [0, 0.05) is 16.5 Å². The van der Waals surface area contributed by atoms with E-state index in [-0.39, 0.29) is 16.2 Å². The zero-order valence-electron chi connectivity index (χ0n) is 11.6. The van der Waals surface area contributed by atoms with Crippen LogP contribution in [0.1, 0.15) is 59.8 Å². The van der Waals surface area contributed by atoms with Gasteiger partial charge in [0.05, 0.1) is 5.60 Å². The summed E-state index contributed by atoms with van der Waals surface area (Å²) in [4.78, 5) is 0. The molecular formula is C15H25NO. The van der Waals surface area contributed by atoms with Gasteiger partial charge in [-0.2, -0.15) is 0 Å². The van der Waals surface area contributed by atoms with Crippen molar-refractivity contribution in [3.63, 3.8) is 0 Å². The highest BCUT2D eigenvalue weighted by Gasteiger charge is 2.90. The van der Waals surface area contributed by atoms with E-state index in [1.165, 1.54) is 6.42 Å². The average Bonchev–Trinajstić information content (AvgIpc) is 2.58. The van der Waals surface area contributed by atoms with Crippen LogP contribution in [0, 0.1) is 27.6 Å². The van der Waals surface area contributed by atoms with Gasteiger partial charge in [0.2, 0.25) is 0 Å². The number of aliphatic hydroxyl groups is 1. The van der Waals surface area contributed by atoms with Crippen LogP contribution in [0.25, 0.3) is 0 Å². The van der Waals surface area contributed by atoms with Crippen molar-refractivity contribution in [2.75, 3.05) is 0 Å². The van der Waals surface area contributed by atoms with Crippen LogP contribution in [0.5, 0.6) is 0 Å². The zero-order valence-corrected chi connectivity index (χ0v) is 11.6. The van der Waals surface area contributed by atoms with Crippen LogP contribution >= 0.6 is 0 Å². The van der Waals surface area contributed by atoms with E-state index in [4.69, 9.17) is 5.41 Å². The molecule has 96 valence electrons. The Morgan fingerprint density at radius 3 is 2.47 bits per heavy atom. The van der Waals surface area contributed by atoms with Crippen LogP contribution in [0.2, 0.25) is 0 Å². The zero-order chi connectivity index (χ0) is 12.7. The van der Waals surface area contributed by atoms with Crippen LogP contribution in [0.15, 0.2) is 0 Å². The van der Waals surface area contributed by atoms with E-state index in [0.717, 1.165) is 31.4 Å². The second-order valence-corrected chi connectivity index (χ2v) is 7.42. The summed E-state index contributed by atoms with van der Waals surface area (Å²) in [5.74, 6) is 0.410. The van der Waals surface area contributed by atoms with Crippen molar-refractivity contribution in [1.29, 1.82) is 5.41 Å². The second-order valence-electron chi connectivity index (χ2n) is 7.42. The lowest BCUT2D eigenvalue weighted by Gasteiger charge is -2.34.